The molecule has 2 fully saturated rings. The Morgan fingerprint density at radius 3 is 1.98 bits per heavy atom. The molecule has 1 unspecified atom stereocenters. The van der Waals surface area contributed by atoms with Gasteiger partial charge in [-0.2, -0.15) is 0 Å². The van der Waals surface area contributed by atoms with Crippen LogP contribution >= 0.6 is 0 Å². The van der Waals surface area contributed by atoms with Gasteiger partial charge >= 0.3 is 5.97 Å². The van der Waals surface area contributed by atoms with Crippen molar-refractivity contribution in [3.05, 3.63) is 82.9 Å². The van der Waals surface area contributed by atoms with E-state index < -0.39 is 41.5 Å². The van der Waals surface area contributed by atoms with Crippen LogP contribution in [-0.2, 0) is 35.1 Å². The van der Waals surface area contributed by atoms with E-state index in [1.54, 1.807) is 73.5 Å². The molecule has 2 aromatic rings. The summed E-state index contributed by atoms with van der Waals surface area (Å²) in [5.74, 6) is -1.61. The molecule has 4 amide bonds. The summed E-state index contributed by atoms with van der Waals surface area (Å²) in [6, 6.07) is 12.6. The first-order valence-electron chi connectivity index (χ1n) is 21.7. The summed E-state index contributed by atoms with van der Waals surface area (Å²) in [5, 5.41) is 5.99. The zero-order valence-corrected chi connectivity index (χ0v) is 37.7. The van der Waals surface area contributed by atoms with Crippen molar-refractivity contribution in [1.82, 2.24) is 25.3 Å². The minimum atomic E-state index is -1.02. The van der Waals surface area contributed by atoms with Gasteiger partial charge in [0.2, 0.25) is 23.6 Å². The molecule has 0 aliphatic carbocycles. The lowest BCUT2D eigenvalue weighted by molar-refractivity contribution is -0.146. The van der Waals surface area contributed by atoms with Crippen LogP contribution in [0.4, 0.5) is 0 Å². The van der Waals surface area contributed by atoms with Crippen molar-refractivity contribution >= 4 is 35.4 Å². The third kappa shape index (κ3) is 11.9. The van der Waals surface area contributed by atoms with Crippen LogP contribution in [0.5, 0.6) is 0 Å². The van der Waals surface area contributed by atoms with Gasteiger partial charge in [0.15, 0.2) is 5.78 Å². The standard InChI is InChI=1S/C48H69N5O7/c1-30(2)33(6)52-26-16-15-20-38(52)44(56)50-42(48(7,8)9)46(58)51(10)40(31(3)4)28-32(5)45(57)53-27-17-21-39(53)43(55)49-37(47(59)60-11)29-34-22-24-36(25-23-34)41(54)35-18-13-12-14-19-35/h12-14,18-19,22-25,28,30-31,33,37-40,42H,15-17,20-21,26-27,29H2,1-11H3,(H,49,55)(H,50,56)/b32-28+/t33?,37-,38+,39-,40+,42+/m0/s1. The van der Waals surface area contributed by atoms with Gasteiger partial charge in [-0.3, -0.25) is 28.9 Å². The van der Waals surface area contributed by atoms with Crippen LogP contribution in [-0.4, -0.2) is 114 Å². The molecule has 2 N–H and O–H groups in total. The van der Waals surface area contributed by atoms with E-state index in [4.69, 9.17) is 4.74 Å². The second-order valence-electron chi connectivity index (χ2n) is 18.4. The lowest BCUT2D eigenvalue weighted by Crippen LogP contribution is -2.61. The Bertz CT molecular complexity index is 1850. The molecule has 0 aromatic heterocycles. The highest BCUT2D eigenvalue weighted by Gasteiger charge is 2.41. The van der Waals surface area contributed by atoms with E-state index in [9.17, 15) is 28.8 Å². The van der Waals surface area contributed by atoms with Gasteiger partial charge in [0.05, 0.1) is 19.2 Å². The summed E-state index contributed by atoms with van der Waals surface area (Å²) < 4.78 is 5.05. The monoisotopic (exact) mass is 828 g/mol. The SMILES string of the molecule is COC(=O)[C@H](Cc1ccc(C(=O)c2ccccc2)cc1)NC(=O)[C@@H]1CCCN1C(=O)/C(C)=C/[C@H](C(C)C)N(C)C(=O)[C@@H](NC(=O)[C@H]1CCCCN1C(C)C(C)C)C(C)(C)C. The van der Waals surface area contributed by atoms with Crippen LogP contribution in [0, 0.1) is 17.3 Å². The first-order valence-corrected chi connectivity index (χ1v) is 21.7. The Balaban J connectivity index is 1.47. The molecule has 12 nitrogen and oxygen atoms in total. The van der Waals surface area contributed by atoms with Crippen molar-refractivity contribution in [3.63, 3.8) is 0 Å². The number of likely N-dealkylation sites (tertiary alicyclic amines) is 2. The lowest BCUT2D eigenvalue weighted by Gasteiger charge is -2.42. The Labute approximate surface area is 357 Å². The number of nitrogens with zero attached hydrogens (tertiary/aromatic N) is 3. The van der Waals surface area contributed by atoms with Crippen molar-refractivity contribution in [3.8, 4) is 0 Å². The minimum Gasteiger partial charge on any atom is -0.467 e. The zero-order valence-electron chi connectivity index (χ0n) is 37.7. The largest absolute Gasteiger partial charge is 0.467 e. The molecule has 2 heterocycles. The van der Waals surface area contributed by atoms with Crippen molar-refractivity contribution in [2.24, 2.45) is 17.3 Å². The Morgan fingerprint density at radius 1 is 0.800 bits per heavy atom. The molecule has 2 aromatic carbocycles. The van der Waals surface area contributed by atoms with Crippen molar-refractivity contribution in [1.29, 1.82) is 0 Å². The predicted octanol–water partition coefficient (Wildman–Crippen LogP) is 5.97. The van der Waals surface area contributed by atoms with Crippen molar-refractivity contribution < 1.29 is 33.5 Å². The highest BCUT2D eigenvalue weighted by Crippen LogP contribution is 2.28. The summed E-state index contributed by atoms with van der Waals surface area (Å²) in [4.78, 5) is 87.6. The number of likely N-dealkylation sites (N-methyl/N-ethyl adjacent to an activating group) is 1. The molecule has 328 valence electrons. The Morgan fingerprint density at radius 2 is 1.40 bits per heavy atom. The number of hydrogen-bond acceptors (Lipinski definition) is 8. The van der Waals surface area contributed by atoms with E-state index in [0.717, 1.165) is 31.4 Å². The first kappa shape index (κ1) is 47.8. The predicted molar refractivity (Wildman–Crippen MR) is 234 cm³/mol. The van der Waals surface area contributed by atoms with Crippen molar-refractivity contribution in [2.75, 3.05) is 27.2 Å². The number of benzene rings is 2. The molecule has 2 saturated heterocycles. The van der Waals surface area contributed by atoms with Gasteiger partial charge in [0.1, 0.15) is 18.1 Å². The average Bonchev–Trinajstić information content (AvgIpc) is 3.73. The number of ether oxygens (including phenoxy) is 1. The first-order chi connectivity index (χ1) is 28.3. The average molecular weight is 828 g/mol. The van der Waals surface area contributed by atoms with E-state index >= 15 is 0 Å². The number of methoxy groups -OCH3 is 1. The second-order valence-corrected chi connectivity index (χ2v) is 18.4. The fourth-order valence-corrected chi connectivity index (χ4v) is 8.32. The summed E-state index contributed by atoms with van der Waals surface area (Å²) >= 11 is 0. The number of rotatable bonds is 16. The van der Waals surface area contributed by atoms with E-state index in [2.05, 4.69) is 36.3 Å². The van der Waals surface area contributed by atoms with Crippen LogP contribution in [0.15, 0.2) is 66.2 Å². The molecule has 12 heteroatoms. The van der Waals surface area contributed by atoms with Crippen LogP contribution in [0.2, 0.25) is 0 Å². The van der Waals surface area contributed by atoms with Gasteiger partial charge in [-0.1, -0.05) is 116 Å². The summed E-state index contributed by atoms with van der Waals surface area (Å²) in [6.07, 6.45) is 5.68. The number of esters is 1. The highest BCUT2D eigenvalue weighted by molar-refractivity contribution is 6.09. The van der Waals surface area contributed by atoms with Crippen LogP contribution < -0.4 is 10.6 Å². The number of piperidine rings is 1. The topological polar surface area (TPSA) is 145 Å². The molecule has 0 spiro atoms. The highest BCUT2D eigenvalue weighted by atomic mass is 16.5. The number of ketones is 1. The molecule has 2 aliphatic heterocycles. The van der Waals surface area contributed by atoms with Gasteiger partial charge in [-0.05, 0) is 68.9 Å². The van der Waals surface area contributed by atoms with Gasteiger partial charge in [0, 0.05) is 42.8 Å². The normalized spacial score (nSPS) is 19.6. The lowest BCUT2D eigenvalue weighted by atomic mass is 9.84. The molecular formula is C48H69N5O7. The summed E-state index contributed by atoms with van der Waals surface area (Å²) in [5.41, 5.74) is 1.58. The summed E-state index contributed by atoms with van der Waals surface area (Å²) in [7, 11) is 2.97. The number of carbonyl (C=O) groups excluding carboxylic acids is 6. The molecule has 2 aliphatic rings. The zero-order chi connectivity index (χ0) is 44.5. The smallest absolute Gasteiger partial charge is 0.328 e. The second kappa shape index (κ2) is 21.1. The quantitative estimate of drug-likeness (QED) is 0.120. The molecule has 4 rings (SSSR count). The maximum Gasteiger partial charge on any atom is 0.328 e. The van der Waals surface area contributed by atoms with Gasteiger partial charge in [0.25, 0.3) is 0 Å². The fraction of sp³-hybridized carbons (Fsp3) is 0.583. The van der Waals surface area contributed by atoms with Crippen LogP contribution in [0.1, 0.15) is 116 Å². The van der Waals surface area contributed by atoms with E-state index in [1.165, 1.54) is 12.0 Å². The molecular weight excluding hydrogens is 759 g/mol. The van der Waals surface area contributed by atoms with Crippen LogP contribution in [0.3, 0.4) is 0 Å². The fourth-order valence-electron chi connectivity index (χ4n) is 8.32. The van der Waals surface area contributed by atoms with Crippen molar-refractivity contribution in [2.45, 2.75) is 137 Å². The third-order valence-corrected chi connectivity index (χ3v) is 12.3. The number of hydrogen-bond donors (Lipinski definition) is 2. The molecule has 0 bridgehead atoms. The molecule has 0 radical (unpaired) electrons. The maximum atomic E-state index is 14.4. The van der Waals surface area contributed by atoms with Gasteiger partial charge in [-0.25, -0.2) is 4.79 Å². The summed E-state index contributed by atoms with van der Waals surface area (Å²) in [6.45, 7) is 19.2. The number of carbonyl (C=O) groups is 6. The van der Waals surface area contributed by atoms with E-state index in [-0.39, 0.29) is 47.9 Å². The molecule has 6 atom stereocenters. The van der Waals surface area contributed by atoms with Gasteiger partial charge < -0.3 is 25.2 Å². The molecule has 60 heavy (non-hydrogen) atoms. The number of amides is 4. The van der Waals surface area contributed by atoms with E-state index in [1.807, 2.05) is 40.7 Å². The number of nitrogens with one attached hydrogen (secondary N) is 2. The Hall–Kier alpha value is -4.84. The molecule has 0 saturated carbocycles. The third-order valence-electron chi connectivity index (χ3n) is 12.3. The Kier molecular flexibility index (Phi) is 16.8. The van der Waals surface area contributed by atoms with Crippen LogP contribution in [0.25, 0.3) is 0 Å². The van der Waals surface area contributed by atoms with E-state index in [0.29, 0.717) is 42.0 Å². The minimum absolute atomic E-state index is 0.0808. The maximum absolute atomic E-state index is 14.4. The van der Waals surface area contributed by atoms with Gasteiger partial charge in [-0.15, -0.1) is 0 Å².